The minimum absolute atomic E-state index is 0.103. The molecule has 2 aromatic heterocycles. The Balaban J connectivity index is 2.08. The van der Waals surface area contributed by atoms with E-state index in [2.05, 4.69) is 9.88 Å². The zero-order valence-corrected chi connectivity index (χ0v) is 13.7. The van der Waals surface area contributed by atoms with Crippen LogP contribution in [0.2, 0.25) is 0 Å². The summed E-state index contributed by atoms with van der Waals surface area (Å²) in [4.78, 5) is 18.8. The minimum atomic E-state index is -1.04. The van der Waals surface area contributed by atoms with E-state index in [1.165, 1.54) is 0 Å². The van der Waals surface area contributed by atoms with Crippen LogP contribution in [0.1, 0.15) is 29.4 Å². The number of hydrogen-bond acceptors (Lipinski definition) is 7. The number of nitrogen functional groups attached to an aromatic ring is 1. The maximum absolute atomic E-state index is 11.3. The first-order valence-electron chi connectivity index (χ1n) is 7.61. The van der Waals surface area contributed by atoms with E-state index in [0.717, 1.165) is 43.1 Å². The van der Waals surface area contributed by atoms with E-state index in [0.29, 0.717) is 22.6 Å². The number of piperidine rings is 1. The number of aromatic carboxylic acids is 1. The Kier molecular flexibility index (Phi) is 4.27. The molecule has 124 valence electrons. The zero-order chi connectivity index (χ0) is 16.6. The number of anilines is 2. The number of fused-ring (bicyclic) bond motifs is 1. The molecule has 8 heteroatoms. The van der Waals surface area contributed by atoms with E-state index in [9.17, 15) is 9.90 Å². The van der Waals surface area contributed by atoms with Gasteiger partial charge in [0, 0.05) is 25.2 Å². The van der Waals surface area contributed by atoms with Gasteiger partial charge in [0.2, 0.25) is 0 Å². The van der Waals surface area contributed by atoms with Crippen molar-refractivity contribution in [1.29, 1.82) is 0 Å². The summed E-state index contributed by atoms with van der Waals surface area (Å²) < 4.78 is 5.69. The molecule has 0 spiro atoms. The van der Waals surface area contributed by atoms with Gasteiger partial charge >= 0.3 is 5.97 Å². The lowest BCUT2D eigenvalue weighted by atomic mass is 10.1. The number of carboxylic acid groups (broad SMARTS) is 1. The Labute approximate surface area is 137 Å². The molecule has 1 fully saturated rings. The molecule has 0 saturated carbocycles. The highest BCUT2D eigenvalue weighted by molar-refractivity contribution is 7.21. The van der Waals surface area contributed by atoms with Gasteiger partial charge in [-0.05, 0) is 19.8 Å². The van der Waals surface area contributed by atoms with Gasteiger partial charge in [0.1, 0.15) is 21.3 Å². The largest absolute Gasteiger partial charge is 0.493 e. The molecular weight excluding hydrogens is 316 g/mol. The van der Waals surface area contributed by atoms with Crippen molar-refractivity contribution in [2.75, 3.05) is 30.3 Å². The van der Waals surface area contributed by atoms with Crippen molar-refractivity contribution >= 4 is 39.0 Å². The lowest BCUT2D eigenvalue weighted by Crippen LogP contribution is -2.40. The maximum Gasteiger partial charge on any atom is 0.348 e. The van der Waals surface area contributed by atoms with Crippen LogP contribution in [0.25, 0.3) is 10.2 Å². The summed E-state index contributed by atoms with van der Waals surface area (Å²) in [6, 6.07) is 2.08. The highest BCUT2D eigenvalue weighted by Gasteiger charge is 2.23. The molecule has 0 amide bonds. The van der Waals surface area contributed by atoms with Crippen LogP contribution in [0.3, 0.4) is 0 Å². The topological polar surface area (TPSA) is 115 Å². The van der Waals surface area contributed by atoms with Gasteiger partial charge in [-0.2, -0.15) is 0 Å². The number of carbonyl (C=O) groups is 1. The number of carboxylic acids is 1. The van der Waals surface area contributed by atoms with Gasteiger partial charge < -0.3 is 26.2 Å². The predicted octanol–water partition coefficient (Wildman–Crippen LogP) is 1.90. The predicted molar refractivity (Wildman–Crippen MR) is 91.6 cm³/mol. The third kappa shape index (κ3) is 2.91. The van der Waals surface area contributed by atoms with Gasteiger partial charge in [-0.1, -0.05) is 0 Å². The number of nitrogens with zero attached hydrogens (tertiary/aromatic N) is 2. The fraction of sp³-hybridized carbons (Fsp3) is 0.467. The number of rotatable bonds is 4. The molecule has 0 bridgehead atoms. The van der Waals surface area contributed by atoms with Crippen molar-refractivity contribution in [3.05, 3.63) is 10.9 Å². The molecule has 3 heterocycles. The van der Waals surface area contributed by atoms with Gasteiger partial charge in [0.15, 0.2) is 0 Å². The van der Waals surface area contributed by atoms with E-state index in [1.54, 1.807) is 0 Å². The molecule has 1 aliphatic rings. The minimum Gasteiger partial charge on any atom is -0.493 e. The molecule has 0 aliphatic carbocycles. The number of pyridine rings is 1. The molecule has 0 radical (unpaired) electrons. The van der Waals surface area contributed by atoms with E-state index in [4.69, 9.17) is 16.2 Å². The van der Waals surface area contributed by atoms with Crippen LogP contribution >= 0.6 is 11.3 Å². The molecule has 7 nitrogen and oxygen atoms in total. The lowest BCUT2D eigenvalue weighted by molar-refractivity contribution is 0.0703. The SMILES string of the molecule is CCOc1cc(N2CCC(N)CC2)nc2sc(C(=O)O)c(N)c12. The highest BCUT2D eigenvalue weighted by atomic mass is 32.1. The van der Waals surface area contributed by atoms with Crippen molar-refractivity contribution in [3.8, 4) is 5.75 Å². The summed E-state index contributed by atoms with van der Waals surface area (Å²) in [6.45, 7) is 4.02. The van der Waals surface area contributed by atoms with Gasteiger partial charge in [-0.3, -0.25) is 0 Å². The van der Waals surface area contributed by atoms with Crippen molar-refractivity contribution in [2.24, 2.45) is 5.73 Å². The van der Waals surface area contributed by atoms with Crippen LogP contribution in [0.15, 0.2) is 6.07 Å². The van der Waals surface area contributed by atoms with Gasteiger partial charge in [0.05, 0.1) is 17.7 Å². The lowest BCUT2D eigenvalue weighted by Gasteiger charge is -2.31. The van der Waals surface area contributed by atoms with Gasteiger partial charge in [0.25, 0.3) is 0 Å². The molecular formula is C15H20N4O3S. The molecule has 5 N–H and O–H groups in total. The van der Waals surface area contributed by atoms with Crippen LogP contribution in [0.4, 0.5) is 11.5 Å². The van der Waals surface area contributed by atoms with Crippen LogP contribution in [0.5, 0.6) is 5.75 Å². The normalized spacial score (nSPS) is 16.0. The summed E-state index contributed by atoms with van der Waals surface area (Å²) in [6.07, 6.45) is 1.83. The summed E-state index contributed by atoms with van der Waals surface area (Å²) in [5, 5.41) is 9.86. The van der Waals surface area contributed by atoms with Gasteiger partial charge in [-0.25, -0.2) is 9.78 Å². The molecule has 23 heavy (non-hydrogen) atoms. The third-order valence-corrected chi connectivity index (χ3v) is 5.09. The number of aromatic nitrogens is 1. The van der Waals surface area contributed by atoms with Crippen molar-refractivity contribution < 1.29 is 14.6 Å². The Morgan fingerprint density at radius 1 is 1.52 bits per heavy atom. The monoisotopic (exact) mass is 336 g/mol. The van der Waals surface area contributed by atoms with Crippen LogP contribution in [-0.4, -0.2) is 41.8 Å². The standard InChI is InChI=1S/C15H20N4O3S/c1-2-22-9-7-10(19-5-3-8(16)4-6-19)18-14-11(9)12(17)13(23-14)15(20)21/h7-8H,2-6,16-17H2,1H3,(H,20,21). The quantitative estimate of drug-likeness (QED) is 0.781. The third-order valence-electron chi connectivity index (χ3n) is 4.01. The highest BCUT2D eigenvalue weighted by Crippen LogP contribution is 2.40. The first-order chi connectivity index (χ1) is 11.0. The molecule has 0 unspecified atom stereocenters. The Morgan fingerprint density at radius 3 is 2.83 bits per heavy atom. The summed E-state index contributed by atoms with van der Waals surface area (Å²) >= 11 is 1.08. The zero-order valence-electron chi connectivity index (χ0n) is 12.9. The van der Waals surface area contributed by atoms with Crippen LogP contribution in [-0.2, 0) is 0 Å². The van der Waals surface area contributed by atoms with E-state index >= 15 is 0 Å². The van der Waals surface area contributed by atoms with Crippen molar-refractivity contribution in [2.45, 2.75) is 25.8 Å². The number of ether oxygens (including phenoxy) is 1. The van der Waals surface area contributed by atoms with E-state index in [-0.39, 0.29) is 16.6 Å². The van der Waals surface area contributed by atoms with E-state index < -0.39 is 5.97 Å². The van der Waals surface area contributed by atoms with Crippen LogP contribution in [0, 0.1) is 0 Å². The molecule has 0 aromatic carbocycles. The van der Waals surface area contributed by atoms with Crippen molar-refractivity contribution in [1.82, 2.24) is 4.98 Å². The molecule has 1 saturated heterocycles. The second-order valence-corrected chi connectivity index (χ2v) is 6.57. The average Bonchev–Trinajstić information content (AvgIpc) is 2.86. The second-order valence-electron chi connectivity index (χ2n) is 5.57. The smallest absolute Gasteiger partial charge is 0.348 e. The molecule has 0 atom stereocenters. The molecule has 2 aromatic rings. The molecule has 1 aliphatic heterocycles. The van der Waals surface area contributed by atoms with Gasteiger partial charge in [-0.15, -0.1) is 11.3 Å². The first-order valence-corrected chi connectivity index (χ1v) is 8.42. The number of nitrogens with two attached hydrogens (primary N) is 2. The van der Waals surface area contributed by atoms with Crippen molar-refractivity contribution in [3.63, 3.8) is 0 Å². The van der Waals surface area contributed by atoms with E-state index in [1.807, 2.05) is 13.0 Å². The Hall–Kier alpha value is -2.06. The summed E-state index contributed by atoms with van der Waals surface area (Å²) in [5.41, 5.74) is 12.2. The Morgan fingerprint density at radius 2 is 2.22 bits per heavy atom. The summed E-state index contributed by atoms with van der Waals surface area (Å²) in [5.74, 6) is 0.327. The number of hydrogen-bond donors (Lipinski definition) is 3. The average molecular weight is 336 g/mol. The maximum atomic E-state index is 11.3. The number of thiophene rings is 1. The Bertz CT molecular complexity index is 738. The fourth-order valence-electron chi connectivity index (χ4n) is 2.79. The first kappa shape index (κ1) is 15.8. The fourth-order valence-corrected chi connectivity index (χ4v) is 3.74. The van der Waals surface area contributed by atoms with Crippen LogP contribution < -0.4 is 21.1 Å². The second kappa shape index (κ2) is 6.21. The summed E-state index contributed by atoms with van der Waals surface area (Å²) in [7, 11) is 0. The molecule has 3 rings (SSSR count).